The Kier molecular flexibility index (Phi) is 4.73. The predicted octanol–water partition coefficient (Wildman–Crippen LogP) is 2.60. The first-order valence-corrected chi connectivity index (χ1v) is 7.09. The molecule has 0 atom stereocenters. The number of nitrogens with zero attached hydrogens (tertiary/aromatic N) is 4. The van der Waals surface area contributed by atoms with Crippen LogP contribution in [0.3, 0.4) is 0 Å². The highest BCUT2D eigenvalue weighted by atomic mass is 19.1. The van der Waals surface area contributed by atoms with Gasteiger partial charge in [-0.1, -0.05) is 0 Å². The molecule has 1 aromatic carbocycles. The zero-order valence-electron chi connectivity index (χ0n) is 13.1. The number of benzene rings is 1. The highest BCUT2D eigenvalue weighted by Gasteiger charge is 2.24. The molecular weight excluding hydrogens is 303 g/mol. The largest absolute Gasteiger partial charge is 0.312 e. The lowest BCUT2D eigenvalue weighted by Gasteiger charge is -2.21. The fraction of sp³-hybridized carbons (Fsp3) is 0.333. The van der Waals surface area contributed by atoms with Crippen molar-refractivity contribution in [2.24, 2.45) is 0 Å². The van der Waals surface area contributed by atoms with E-state index in [2.05, 4.69) is 5.10 Å². The summed E-state index contributed by atoms with van der Waals surface area (Å²) in [5.74, 6) is -0.661. The second kappa shape index (κ2) is 6.55. The van der Waals surface area contributed by atoms with Gasteiger partial charge in [-0.15, -0.1) is 0 Å². The third-order valence-corrected chi connectivity index (χ3v) is 3.57. The average Bonchev–Trinajstić information content (AvgIpc) is 2.76. The molecule has 0 bridgehead atoms. The number of aromatic nitrogens is 2. The van der Waals surface area contributed by atoms with Crippen molar-refractivity contribution in [3.05, 3.63) is 51.6 Å². The second-order valence-corrected chi connectivity index (χ2v) is 5.05. The summed E-state index contributed by atoms with van der Waals surface area (Å²) < 4.78 is 14.3. The Balaban J connectivity index is 2.25. The van der Waals surface area contributed by atoms with E-state index in [9.17, 15) is 19.3 Å². The standard InChI is InChI=1S/C15H17FN4O3/c1-4-18(13-7-5-12(16)6-8-13)14(21)9-19-11(3)15(20(22)23)10(2)17-19/h5-8H,4,9H2,1-3H3. The van der Waals surface area contributed by atoms with Crippen molar-refractivity contribution >= 4 is 17.3 Å². The summed E-state index contributed by atoms with van der Waals surface area (Å²) in [5, 5.41) is 15.1. The molecule has 122 valence electrons. The lowest BCUT2D eigenvalue weighted by molar-refractivity contribution is -0.386. The van der Waals surface area contributed by atoms with E-state index in [0.29, 0.717) is 17.9 Å². The number of anilines is 1. The van der Waals surface area contributed by atoms with Crippen molar-refractivity contribution in [3.63, 3.8) is 0 Å². The van der Waals surface area contributed by atoms with Crippen molar-refractivity contribution in [3.8, 4) is 0 Å². The molecule has 7 nitrogen and oxygen atoms in total. The van der Waals surface area contributed by atoms with E-state index >= 15 is 0 Å². The van der Waals surface area contributed by atoms with Crippen LogP contribution in [0.5, 0.6) is 0 Å². The Bertz CT molecular complexity index is 740. The molecular formula is C15H17FN4O3. The lowest BCUT2D eigenvalue weighted by Crippen LogP contribution is -2.34. The van der Waals surface area contributed by atoms with Gasteiger partial charge < -0.3 is 4.90 Å². The van der Waals surface area contributed by atoms with Crippen LogP contribution < -0.4 is 4.90 Å². The lowest BCUT2D eigenvalue weighted by atomic mass is 10.2. The number of likely N-dealkylation sites (N-methyl/N-ethyl adjacent to an activating group) is 1. The summed E-state index contributed by atoms with van der Waals surface area (Å²) in [5.41, 5.74) is 1.08. The molecule has 0 aliphatic heterocycles. The van der Waals surface area contributed by atoms with Crippen LogP contribution in [0.15, 0.2) is 24.3 Å². The molecule has 1 amide bonds. The molecule has 8 heteroatoms. The number of hydrogen-bond acceptors (Lipinski definition) is 4. The van der Waals surface area contributed by atoms with Crippen LogP contribution in [0.2, 0.25) is 0 Å². The van der Waals surface area contributed by atoms with Crippen molar-refractivity contribution in [1.29, 1.82) is 0 Å². The van der Waals surface area contributed by atoms with Gasteiger partial charge in [0.05, 0.1) is 4.92 Å². The number of amides is 1. The fourth-order valence-electron chi connectivity index (χ4n) is 2.44. The van der Waals surface area contributed by atoms with E-state index < -0.39 is 4.92 Å². The number of nitro groups is 1. The van der Waals surface area contributed by atoms with Gasteiger partial charge in [-0.3, -0.25) is 19.6 Å². The quantitative estimate of drug-likeness (QED) is 0.626. The summed E-state index contributed by atoms with van der Waals surface area (Å²) in [7, 11) is 0. The minimum Gasteiger partial charge on any atom is -0.311 e. The first-order valence-electron chi connectivity index (χ1n) is 7.09. The SMILES string of the molecule is CCN(C(=O)Cn1nc(C)c([N+](=O)[O-])c1C)c1ccc(F)cc1. The van der Waals surface area contributed by atoms with Crippen LogP contribution in [-0.4, -0.2) is 27.2 Å². The van der Waals surface area contributed by atoms with Gasteiger partial charge in [0.2, 0.25) is 5.91 Å². The summed E-state index contributed by atoms with van der Waals surface area (Å²) in [4.78, 5) is 24.4. The van der Waals surface area contributed by atoms with Crippen molar-refractivity contribution in [2.45, 2.75) is 27.3 Å². The second-order valence-electron chi connectivity index (χ2n) is 5.05. The van der Waals surface area contributed by atoms with Crippen LogP contribution in [0, 0.1) is 29.8 Å². The number of aryl methyl sites for hydroxylation is 1. The molecule has 0 aliphatic rings. The first-order chi connectivity index (χ1) is 10.8. The summed E-state index contributed by atoms with van der Waals surface area (Å²) in [6.45, 7) is 5.16. The third kappa shape index (κ3) is 3.36. The number of halogens is 1. The molecule has 0 spiro atoms. The Morgan fingerprint density at radius 3 is 2.43 bits per heavy atom. The Morgan fingerprint density at radius 1 is 1.35 bits per heavy atom. The normalized spacial score (nSPS) is 10.6. The molecule has 2 rings (SSSR count). The zero-order valence-corrected chi connectivity index (χ0v) is 13.1. The maximum absolute atomic E-state index is 13.0. The summed E-state index contributed by atoms with van der Waals surface area (Å²) in [6, 6.07) is 5.58. The van der Waals surface area contributed by atoms with Gasteiger partial charge in [0.1, 0.15) is 23.7 Å². The highest BCUT2D eigenvalue weighted by Crippen LogP contribution is 2.22. The Hall–Kier alpha value is -2.77. The maximum Gasteiger partial charge on any atom is 0.312 e. The summed E-state index contributed by atoms with van der Waals surface area (Å²) >= 11 is 0. The van der Waals surface area contributed by atoms with E-state index in [1.807, 2.05) is 0 Å². The zero-order chi connectivity index (χ0) is 17.1. The van der Waals surface area contributed by atoms with Crippen molar-refractivity contribution in [2.75, 3.05) is 11.4 Å². The van der Waals surface area contributed by atoms with Gasteiger partial charge in [-0.05, 0) is 45.0 Å². The van der Waals surface area contributed by atoms with Gasteiger partial charge in [0, 0.05) is 12.2 Å². The van der Waals surface area contributed by atoms with E-state index in [1.165, 1.54) is 40.8 Å². The molecule has 0 fully saturated rings. The molecule has 1 aromatic heterocycles. The molecule has 0 radical (unpaired) electrons. The predicted molar refractivity (Wildman–Crippen MR) is 82.8 cm³/mol. The van der Waals surface area contributed by atoms with E-state index in [4.69, 9.17) is 0 Å². The van der Waals surface area contributed by atoms with Crippen LogP contribution in [0.4, 0.5) is 15.8 Å². The van der Waals surface area contributed by atoms with Crippen LogP contribution in [0.1, 0.15) is 18.3 Å². The Labute approximate surface area is 132 Å². The van der Waals surface area contributed by atoms with Gasteiger partial charge in [0.15, 0.2) is 0 Å². The highest BCUT2D eigenvalue weighted by molar-refractivity contribution is 5.93. The van der Waals surface area contributed by atoms with E-state index in [-0.39, 0.29) is 29.7 Å². The van der Waals surface area contributed by atoms with Crippen LogP contribution in [-0.2, 0) is 11.3 Å². The number of hydrogen-bond donors (Lipinski definition) is 0. The first kappa shape index (κ1) is 16.6. The topological polar surface area (TPSA) is 81.3 Å². The molecule has 0 saturated heterocycles. The monoisotopic (exact) mass is 320 g/mol. The minimum atomic E-state index is -0.504. The fourth-order valence-corrected chi connectivity index (χ4v) is 2.44. The molecule has 0 unspecified atom stereocenters. The number of rotatable bonds is 5. The average molecular weight is 320 g/mol. The molecule has 0 saturated carbocycles. The van der Waals surface area contributed by atoms with Gasteiger partial charge >= 0.3 is 5.69 Å². The molecule has 0 N–H and O–H groups in total. The van der Waals surface area contributed by atoms with Gasteiger partial charge in [-0.25, -0.2) is 4.39 Å². The molecule has 0 aliphatic carbocycles. The molecule has 23 heavy (non-hydrogen) atoms. The number of carbonyl (C=O) groups excluding carboxylic acids is 1. The smallest absolute Gasteiger partial charge is 0.311 e. The van der Waals surface area contributed by atoms with Crippen molar-refractivity contribution < 1.29 is 14.1 Å². The number of carbonyl (C=O) groups is 1. The van der Waals surface area contributed by atoms with Crippen LogP contribution in [0.25, 0.3) is 0 Å². The Morgan fingerprint density at radius 2 is 1.96 bits per heavy atom. The molecule has 1 heterocycles. The minimum absolute atomic E-state index is 0.0809. The maximum atomic E-state index is 13.0. The van der Waals surface area contributed by atoms with Gasteiger partial charge in [-0.2, -0.15) is 5.10 Å². The van der Waals surface area contributed by atoms with Gasteiger partial charge in [0.25, 0.3) is 0 Å². The summed E-state index contributed by atoms with van der Waals surface area (Å²) in [6.07, 6.45) is 0. The third-order valence-electron chi connectivity index (χ3n) is 3.57. The molecule has 2 aromatic rings. The van der Waals surface area contributed by atoms with Crippen LogP contribution >= 0.6 is 0 Å². The van der Waals surface area contributed by atoms with Crippen molar-refractivity contribution in [1.82, 2.24) is 9.78 Å². The van der Waals surface area contributed by atoms with E-state index in [1.54, 1.807) is 13.8 Å². The van der Waals surface area contributed by atoms with E-state index in [0.717, 1.165) is 0 Å².